The summed E-state index contributed by atoms with van der Waals surface area (Å²) in [6, 6.07) is 2.32. The van der Waals surface area contributed by atoms with Crippen molar-refractivity contribution in [2.45, 2.75) is 38.4 Å². The van der Waals surface area contributed by atoms with E-state index in [2.05, 4.69) is 20.8 Å². The Morgan fingerprint density at radius 2 is 2.20 bits per heavy atom. The molecule has 0 bridgehead atoms. The van der Waals surface area contributed by atoms with Gasteiger partial charge in [0.25, 0.3) is 0 Å². The maximum absolute atomic E-state index is 11.3. The van der Waals surface area contributed by atoms with Gasteiger partial charge in [0.15, 0.2) is 0 Å². The second-order valence-corrected chi connectivity index (χ2v) is 7.81. The molecule has 2 heterocycles. The van der Waals surface area contributed by atoms with Crippen LogP contribution in [0.3, 0.4) is 0 Å². The Balaban J connectivity index is 1.71. The third kappa shape index (κ3) is 3.59. The number of sulfonamides is 1. The summed E-state index contributed by atoms with van der Waals surface area (Å²) in [6.45, 7) is 3.30. The number of aryl methyl sites for hydroxylation is 1. The summed E-state index contributed by atoms with van der Waals surface area (Å²) in [6.07, 6.45) is 6.62. The minimum atomic E-state index is -3.12. The highest BCUT2D eigenvalue weighted by atomic mass is 32.2. The first-order valence-corrected chi connectivity index (χ1v) is 9.10. The highest BCUT2D eigenvalue weighted by molar-refractivity contribution is 7.88. The predicted molar refractivity (Wildman–Crippen MR) is 76.6 cm³/mol. The Kier molecular flexibility index (Phi) is 3.83. The van der Waals surface area contributed by atoms with Crippen LogP contribution in [0.15, 0.2) is 12.3 Å². The molecule has 0 spiro atoms. The van der Waals surface area contributed by atoms with Gasteiger partial charge in [-0.05, 0) is 31.2 Å². The summed E-state index contributed by atoms with van der Waals surface area (Å²) in [5.74, 6) is 0.796. The van der Waals surface area contributed by atoms with E-state index in [4.69, 9.17) is 0 Å². The Morgan fingerprint density at radius 3 is 2.90 bits per heavy atom. The fourth-order valence-electron chi connectivity index (χ4n) is 2.81. The van der Waals surface area contributed by atoms with E-state index in [9.17, 15) is 8.42 Å². The molecule has 0 saturated heterocycles. The van der Waals surface area contributed by atoms with Crippen molar-refractivity contribution in [3.63, 3.8) is 0 Å². The molecule has 20 heavy (non-hydrogen) atoms. The quantitative estimate of drug-likeness (QED) is 0.855. The molecule has 1 fully saturated rings. The van der Waals surface area contributed by atoms with E-state index in [0.717, 1.165) is 32.0 Å². The van der Waals surface area contributed by atoms with E-state index in [-0.39, 0.29) is 6.04 Å². The Hall–Kier alpha value is -0.920. The number of hydrogen-bond donors (Lipinski definition) is 1. The van der Waals surface area contributed by atoms with Crippen LogP contribution in [0.5, 0.6) is 0 Å². The van der Waals surface area contributed by atoms with Crippen LogP contribution in [-0.2, 0) is 23.1 Å². The van der Waals surface area contributed by atoms with Crippen LogP contribution < -0.4 is 4.72 Å². The number of nitrogens with zero attached hydrogens (tertiary/aromatic N) is 3. The van der Waals surface area contributed by atoms with Gasteiger partial charge in [-0.3, -0.25) is 9.58 Å². The molecule has 0 amide bonds. The molecule has 1 atom stereocenters. The number of aromatic nitrogens is 2. The zero-order valence-electron chi connectivity index (χ0n) is 11.8. The molecular formula is C13H22N4O2S. The maximum atomic E-state index is 11.3. The summed E-state index contributed by atoms with van der Waals surface area (Å²) in [4.78, 5) is 2.43. The average Bonchev–Trinajstić information content (AvgIpc) is 3.10. The van der Waals surface area contributed by atoms with Crippen molar-refractivity contribution in [3.05, 3.63) is 18.0 Å². The summed E-state index contributed by atoms with van der Waals surface area (Å²) >= 11 is 0. The molecule has 2 aliphatic rings. The van der Waals surface area contributed by atoms with E-state index in [1.54, 1.807) is 0 Å². The van der Waals surface area contributed by atoms with E-state index >= 15 is 0 Å². The van der Waals surface area contributed by atoms with Gasteiger partial charge in [0.1, 0.15) is 0 Å². The lowest BCUT2D eigenvalue weighted by Gasteiger charge is -2.29. The molecule has 1 saturated carbocycles. The smallest absolute Gasteiger partial charge is 0.208 e. The first-order chi connectivity index (χ1) is 9.51. The zero-order valence-corrected chi connectivity index (χ0v) is 12.6. The largest absolute Gasteiger partial charge is 0.293 e. The van der Waals surface area contributed by atoms with Gasteiger partial charge in [-0.25, -0.2) is 13.1 Å². The lowest BCUT2D eigenvalue weighted by Crippen LogP contribution is -2.43. The van der Waals surface area contributed by atoms with Crippen LogP contribution >= 0.6 is 0 Å². The van der Waals surface area contributed by atoms with E-state index in [1.807, 2.05) is 10.9 Å². The highest BCUT2D eigenvalue weighted by Crippen LogP contribution is 2.31. The highest BCUT2D eigenvalue weighted by Gasteiger charge is 2.30. The molecule has 3 rings (SSSR count). The molecule has 0 unspecified atom stereocenters. The summed E-state index contributed by atoms with van der Waals surface area (Å²) in [5, 5.41) is 4.34. The normalized spacial score (nSPS) is 24.4. The van der Waals surface area contributed by atoms with Crippen LogP contribution in [-0.4, -0.2) is 48.5 Å². The van der Waals surface area contributed by atoms with Crippen molar-refractivity contribution < 1.29 is 8.42 Å². The molecule has 1 aliphatic carbocycles. The Morgan fingerprint density at radius 1 is 1.40 bits per heavy atom. The minimum absolute atomic E-state index is 0.257. The maximum Gasteiger partial charge on any atom is 0.208 e. The molecule has 0 aromatic carbocycles. The van der Waals surface area contributed by atoms with Gasteiger partial charge in [-0.15, -0.1) is 0 Å². The standard InChI is InChI=1S/C13H22N4O2S/c1-20(18,19)15-8-12-5-7-17-13(4-6-14-17)10-16(12)9-11-2-3-11/h4,6,11-12,15H,2-3,5,7-10H2,1H3/t12-/m0/s1. The Labute approximate surface area is 120 Å². The van der Waals surface area contributed by atoms with Gasteiger partial charge in [0.05, 0.1) is 11.9 Å². The number of rotatable bonds is 5. The van der Waals surface area contributed by atoms with Crippen molar-refractivity contribution in [2.75, 3.05) is 19.3 Å². The Bertz CT molecular complexity index is 565. The van der Waals surface area contributed by atoms with Crippen molar-refractivity contribution in [3.8, 4) is 0 Å². The molecule has 1 aromatic rings. The summed E-state index contributed by atoms with van der Waals surface area (Å²) in [7, 11) is -3.12. The lowest BCUT2D eigenvalue weighted by atomic mass is 10.1. The summed E-state index contributed by atoms with van der Waals surface area (Å²) < 4.78 is 27.3. The average molecular weight is 298 g/mol. The molecule has 1 aliphatic heterocycles. The molecule has 112 valence electrons. The van der Waals surface area contributed by atoms with Gasteiger partial charge in [-0.2, -0.15) is 5.10 Å². The topological polar surface area (TPSA) is 67.2 Å². The van der Waals surface area contributed by atoms with Crippen molar-refractivity contribution >= 4 is 10.0 Å². The molecule has 6 nitrogen and oxygen atoms in total. The van der Waals surface area contributed by atoms with Crippen molar-refractivity contribution in [1.29, 1.82) is 0 Å². The van der Waals surface area contributed by atoms with Gasteiger partial charge in [-0.1, -0.05) is 0 Å². The van der Waals surface area contributed by atoms with Crippen LogP contribution in [0.4, 0.5) is 0 Å². The second kappa shape index (κ2) is 5.46. The molecule has 7 heteroatoms. The van der Waals surface area contributed by atoms with Crippen LogP contribution in [0.25, 0.3) is 0 Å². The first-order valence-electron chi connectivity index (χ1n) is 7.20. The monoisotopic (exact) mass is 298 g/mol. The molecule has 1 aromatic heterocycles. The fourth-order valence-corrected chi connectivity index (χ4v) is 3.31. The van der Waals surface area contributed by atoms with Gasteiger partial charge in [0, 0.05) is 38.4 Å². The fraction of sp³-hybridized carbons (Fsp3) is 0.769. The first kappa shape index (κ1) is 14.0. The van der Waals surface area contributed by atoms with Gasteiger partial charge in [0.2, 0.25) is 10.0 Å². The molecule has 1 N–H and O–H groups in total. The van der Waals surface area contributed by atoms with Crippen LogP contribution in [0.1, 0.15) is 25.0 Å². The van der Waals surface area contributed by atoms with Gasteiger partial charge < -0.3 is 0 Å². The zero-order chi connectivity index (χ0) is 14.2. The predicted octanol–water partition coefficient (Wildman–Crippen LogP) is 0.417. The summed E-state index contributed by atoms with van der Waals surface area (Å²) in [5.41, 5.74) is 1.23. The third-order valence-electron chi connectivity index (χ3n) is 4.13. The van der Waals surface area contributed by atoms with Crippen LogP contribution in [0, 0.1) is 5.92 Å². The van der Waals surface area contributed by atoms with Crippen LogP contribution in [0.2, 0.25) is 0 Å². The third-order valence-corrected chi connectivity index (χ3v) is 4.82. The number of nitrogens with one attached hydrogen (secondary N) is 1. The van der Waals surface area contributed by atoms with Crippen molar-refractivity contribution in [1.82, 2.24) is 19.4 Å². The minimum Gasteiger partial charge on any atom is -0.293 e. The molecule has 0 radical (unpaired) electrons. The van der Waals surface area contributed by atoms with Crippen molar-refractivity contribution in [2.24, 2.45) is 5.92 Å². The number of hydrogen-bond acceptors (Lipinski definition) is 4. The van der Waals surface area contributed by atoms with Gasteiger partial charge >= 0.3 is 0 Å². The van der Waals surface area contributed by atoms with E-state index in [0.29, 0.717) is 6.54 Å². The lowest BCUT2D eigenvalue weighted by molar-refractivity contribution is 0.177. The number of fused-ring (bicyclic) bond motifs is 1. The SMILES string of the molecule is CS(=O)(=O)NC[C@@H]1CCn2nccc2CN1CC1CC1. The van der Waals surface area contributed by atoms with E-state index < -0.39 is 10.0 Å². The van der Waals surface area contributed by atoms with E-state index in [1.165, 1.54) is 24.8 Å². The second-order valence-electron chi connectivity index (χ2n) is 5.98. The molecular weight excluding hydrogens is 276 g/mol.